The van der Waals surface area contributed by atoms with Crippen LogP contribution in [0.2, 0.25) is 0 Å². The van der Waals surface area contributed by atoms with Crippen LogP contribution < -0.4 is 14.8 Å². The smallest absolute Gasteiger partial charge is 0.164 e. The summed E-state index contributed by atoms with van der Waals surface area (Å²) in [5.74, 6) is 2.44. The minimum absolute atomic E-state index is 0.588. The zero-order chi connectivity index (χ0) is 12.5. The molecule has 0 bridgehead atoms. The fourth-order valence-corrected chi connectivity index (χ4v) is 3.70. The average Bonchev–Trinajstić information content (AvgIpc) is 2.90. The van der Waals surface area contributed by atoms with Crippen LogP contribution in [0, 0.1) is 0 Å². The van der Waals surface area contributed by atoms with Crippen molar-refractivity contribution in [3.8, 4) is 11.5 Å². The molecule has 4 heteroatoms. The molecule has 1 aromatic rings. The molecular weight excluding hydrogens is 294 g/mol. The Hall–Kier alpha value is -0.740. The van der Waals surface area contributed by atoms with Gasteiger partial charge in [-0.2, -0.15) is 0 Å². The number of nitrogens with one attached hydrogen (secondary N) is 1. The summed E-state index contributed by atoms with van der Waals surface area (Å²) >= 11 is 3.71. The van der Waals surface area contributed by atoms with E-state index in [9.17, 15) is 0 Å². The summed E-state index contributed by atoms with van der Waals surface area (Å²) in [5, 5.41) is 3.44. The number of fused-ring (bicyclic) bond motifs is 1. The van der Waals surface area contributed by atoms with Gasteiger partial charge in [0.2, 0.25) is 0 Å². The van der Waals surface area contributed by atoms with Crippen LogP contribution in [-0.2, 0) is 6.42 Å². The monoisotopic (exact) mass is 311 g/mol. The van der Waals surface area contributed by atoms with Crippen molar-refractivity contribution in [3.63, 3.8) is 0 Å². The van der Waals surface area contributed by atoms with Crippen molar-refractivity contribution in [1.29, 1.82) is 0 Å². The highest BCUT2D eigenvalue weighted by atomic mass is 79.9. The first-order valence-electron chi connectivity index (χ1n) is 6.62. The van der Waals surface area contributed by atoms with Crippen LogP contribution in [0.3, 0.4) is 0 Å². The molecular formula is C14H18BrNO2. The minimum Gasteiger partial charge on any atom is -0.486 e. The number of rotatable bonds is 2. The van der Waals surface area contributed by atoms with Gasteiger partial charge in [0.1, 0.15) is 13.2 Å². The lowest BCUT2D eigenvalue weighted by Crippen LogP contribution is -2.18. The molecule has 0 aliphatic carbocycles. The van der Waals surface area contributed by atoms with Gasteiger partial charge in [-0.05, 0) is 36.9 Å². The van der Waals surface area contributed by atoms with Crippen molar-refractivity contribution in [3.05, 3.63) is 21.7 Å². The van der Waals surface area contributed by atoms with E-state index in [1.807, 2.05) is 0 Å². The molecule has 0 spiro atoms. The quantitative estimate of drug-likeness (QED) is 0.911. The topological polar surface area (TPSA) is 30.5 Å². The second-order valence-corrected chi connectivity index (χ2v) is 5.67. The maximum atomic E-state index is 5.83. The van der Waals surface area contributed by atoms with Crippen LogP contribution in [0.25, 0.3) is 0 Å². The summed E-state index contributed by atoms with van der Waals surface area (Å²) in [7, 11) is 0. The maximum absolute atomic E-state index is 5.83. The van der Waals surface area contributed by atoms with Crippen LogP contribution in [0.1, 0.15) is 30.4 Å². The summed E-state index contributed by atoms with van der Waals surface area (Å²) in [6, 6.07) is 2.07. The van der Waals surface area contributed by atoms with Crippen LogP contribution >= 0.6 is 15.9 Å². The molecule has 0 radical (unpaired) electrons. The molecule has 1 aromatic carbocycles. The molecule has 2 heterocycles. The van der Waals surface area contributed by atoms with E-state index in [1.165, 1.54) is 17.5 Å². The van der Waals surface area contributed by atoms with Gasteiger partial charge >= 0.3 is 0 Å². The molecule has 1 unspecified atom stereocenters. The van der Waals surface area contributed by atoms with Crippen molar-refractivity contribution in [2.45, 2.75) is 25.7 Å². The fraction of sp³-hybridized carbons (Fsp3) is 0.571. The predicted octanol–water partition coefficient (Wildman–Crippen LogP) is 2.86. The first-order chi connectivity index (χ1) is 8.81. The Balaban J connectivity index is 2.11. The van der Waals surface area contributed by atoms with E-state index in [1.54, 1.807) is 0 Å². The summed E-state index contributed by atoms with van der Waals surface area (Å²) < 4.78 is 12.7. The molecule has 18 heavy (non-hydrogen) atoms. The first-order valence-corrected chi connectivity index (χ1v) is 7.42. The van der Waals surface area contributed by atoms with E-state index in [-0.39, 0.29) is 0 Å². The third kappa shape index (κ3) is 2.01. The van der Waals surface area contributed by atoms with Gasteiger partial charge in [-0.25, -0.2) is 0 Å². The molecule has 1 fully saturated rings. The third-order valence-electron chi connectivity index (χ3n) is 3.75. The SMILES string of the molecule is CCc1c2c(cc(Br)c1C1CCNC1)OCCO2. The third-order valence-corrected chi connectivity index (χ3v) is 4.40. The highest BCUT2D eigenvalue weighted by Crippen LogP contribution is 2.44. The van der Waals surface area contributed by atoms with Gasteiger partial charge in [0.05, 0.1) is 0 Å². The normalized spacial score (nSPS) is 22.2. The molecule has 98 valence electrons. The van der Waals surface area contributed by atoms with Crippen molar-refractivity contribution in [2.75, 3.05) is 26.3 Å². The van der Waals surface area contributed by atoms with Crippen LogP contribution in [0.5, 0.6) is 11.5 Å². The Morgan fingerprint density at radius 3 is 2.94 bits per heavy atom. The van der Waals surface area contributed by atoms with Crippen LogP contribution in [-0.4, -0.2) is 26.3 Å². The van der Waals surface area contributed by atoms with Gasteiger partial charge < -0.3 is 14.8 Å². The Labute approximate surface area is 116 Å². The minimum atomic E-state index is 0.588. The molecule has 1 atom stereocenters. The summed E-state index contributed by atoms with van der Waals surface area (Å²) in [6.45, 7) is 5.66. The molecule has 2 aliphatic heterocycles. The van der Waals surface area contributed by atoms with Crippen molar-refractivity contribution in [2.24, 2.45) is 0 Å². The van der Waals surface area contributed by atoms with E-state index >= 15 is 0 Å². The fourth-order valence-electron chi connectivity index (χ4n) is 2.93. The highest BCUT2D eigenvalue weighted by molar-refractivity contribution is 9.10. The van der Waals surface area contributed by atoms with Crippen LogP contribution in [0.4, 0.5) is 0 Å². The number of hydrogen-bond donors (Lipinski definition) is 1. The maximum Gasteiger partial charge on any atom is 0.164 e. The van der Waals surface area contributed by atoms with Gasteiger partial charge in [0.25, 0.3) is 0 Å². The lowest BCUT2D eigenvalue weighted by Gasteiger charge is -2.25. The number of benzene rings is 1. The largest absolute Gasteiger partial charge is 0.486 e. The molecule has 0 aromatic heterocycles. The van der Waals surface area contributed by atoms with E-state index in [4.69, 9.17) is 9.47 Å². The molecule has 3 nitrogen and oxygen atoms in total. The van der Waals surface area contributed by atoms with Gasteiger partial charge in [-0.3, -0.25) is 0 Å². The standard InChI is InChI=1S/C14H18BrNO2/c1-2-10-13(9-3-4-16-8-9)11(15)7-12-14(10)18-6-5-17-12/h7,9,16H,2-6,8H2,1H3. The molecule has 0 amide bonds. The van der Waals surface area contributed by atoms with Gasteiger partial charge in [-0.1, -0.05) is 22.9 Å². The first kappa shape index (κ1) is 12.3. The molecule has 1 N–H and O–H groups in total. The average molecular weight is 312 g/mol. The van der Waals surface area contributed by atoms with Gasteiger partial charge in [0, 0.05) is 16.6 Å². The zero-order valence-corrected chi connectivity index (χ0v) is 12.2. The second kappa shape index (κ2) is 5.10. The number of ether oxygens (including phenoxy) is 2. The van der Waals surface area contributed by atoms with Crippen molar-refractivity contribution < 1.29 is 9.47 Å². The predicted molar refractivity (Wildman–Crippen MR) is 74.7 cm³/mol. The molecule has 2 aliphatic rings. The van der Waals surface area contributed by atoms with E-state index in [2.05, 4.69) is 34.2 Å². The Kier molecular flexibility index (Phi) is 3.48. The zero-order valence-electron chi connectivity index (χ0n) is 10.6. The lowest BCUT2D eigenvalue weighted by atomic mass is 9.91. The summed E-state index contributed by atoms with van der Waals surface area (Å²) in [6.07, 6.45) is 2.18. The Morgan fingerprint density at radius 1 is 1.39 bits per heavy atom. The Bertz CT molecular complexity index is 456. The van der Waals surface area contributed by atoms with E-state index < -0.39 is 0 Å². The Morgan fingerprint density at radius 2 is 2.22 bits per heavy atom. The number of halogens is 1. The van der Waals surface area contributed by atoms with Crippen LogP contribution in [0.15, 0.2) is 10.5 Å². The van der Waals surface area contributed by atoms with Gasteiger partial charge in [0.15, 0.2) is 11.5 Å². The molecule has 0 saturated carbocycles. The molecule has 3 rings (SSSR count). The van der Waals surface area contributed by atoms with E-state index in [0.717, 1.165) is 35.5 Å². The van der Waals surface area contributed by atoms with Crippen molar-refractivity contribution in [1.82, 2.24) is 5.32 Å². The van der Waals surface area contributed by atoms with E-state index in [0.29, 0.717) is 19.1 Å². The van der Waals surface area contributed by atoms with Gasteiger partial charge in [-0.15, -0.1) is 0 Å². The summed E-state index contributed by atoms with van der Waals surface area (Å²) in [4.78, 5) is 0. The summed E-state index contributed by atoms with van der Waals surface area (Å²) in [5.41, 5.74) is 2.72. The lowest BCUT2D eigenvalue weighted by molar-refractivity contribution is 0.169. The highest BCUT2D eigenvalue weighted by Gasteiger charge is 2.27. The van der Waals surface area contributed by atoms with Crippen molar-refractivity contribution >= 4 is 15.9 Å². The number of hydrogen-bond acceptors (Lipinski definition) is 3. The second-order valence-electron chi connectivity index (χ2n) is 4.82. The molecule has 1 saturated heterocycles.